The molecule has 0 aliphatic carbocycles. The number of nitrogens with zero attached hydrogens (tertiary/aromatic N) is 3. The number of amides is 1. The Hall–Kier alpha value is -2.89. The molecule has 0 fully saturated rings. The molecule has 1 N–H and O–H groups in total. The zero-order valence-electron chi connectivity index (χ0n) is 12.6. The third-order valence-electron chi connectivity index (χ3n) is 3.33. The van der Waals surface area contributed by atoms with Crippen LogP contribution >= 0.6 is 0 Å². The molecule has 0 aliphatic heterocycles. The van der Waals surface area contributed by atoms with Gasteiger partial charge in [0.1, 0.15) is 11.6 Å². The predicted octanol–water partition coefficient (Wildman–Crippen LogP) is 2.61. The third-order valence-corrected chi connectivity index (χ3v) is 3.33. The van der Waals surface area contributed by atoms with Gasteiger partial charge >= 0.3 is 0 Å². The van der Waals surface area contributed by atoms with E-state index >= 15 is 0 Å². The SMILES string of the molecule is COc1ccc(C(=O)Nc2cc(C)c3nc(C)nn3c2)cc1. The van der Waals surface area contributed by atoms with E-state index in [0.29, 0.717) is 22.8 Å². The van der Waals surface area contributed by atoms with Gasteiger partial charge in [-0.05, 0) is 49.7 Å². The second-order valence-corrected chi connectivity index (χ2v) is 5.02. The number of aromatic nitrogens is 3. The van der Waals surface area contributed by atoms with Crippen molar-refractivity contribution in [1.29, 1.82) is 0 Å². The smallest absolute Gasteiger partial charge is 0.255 e. The van der Waals surface area contributed by atoms with Crippen molar-refractivity contribution in [2.24, 2.45) is 0 Å². The fourth-order valence-corrected chi connectivity index (χ4v) is 2.27. The molecule has 0 radical (unpaired) electrons. The Balaban J connectivity index is 1.86. The molecule has 0 unspecified atom stereocenters. The van der Waals surface area contributed by atoms with Gasteiger partial charge in [0.15, 0.2) is 5.65 Å². The maximum absolute atomic E-state index is 12.3. The molecule has 112 valence electrons. The first-order valence-electron chi connectivity index (χ1n) is 6.86. The normalized spacial score (nSPS) is 10.7. The number of carbonyl (C=O) groups is 1. The third kappa shape index (κ3) is 2.63. The number of anilines is 1. The maximum Gasteiger partial charge on any atom is 0.255 e. The Morgan fingerprint density at radius 1 is 1.23 bits per heavy atom. The van der Waals surface area contributed by atoms with E-state index < -0.39 is 0 Å². The minimum atomic E-state index is -0.182. The summed E-state index contributed by atoms with van der Waals surface area (Å²) in [7, 11) is 1.59. The molecular formula is C16H16N4O2. The largest absolute Gasteiger partial charge is 0.497 e. The van der Waals surface area contributed by atoms with E-state index in [1.165, 1.54) is 0 Å². The van der Waals surface area contributed by atoms with Crippen LogP contribution in [0.1, 0.15) is 21.7 Å². The van der Waals surface area contributed by atoms with Gasteiger partial charge in [0.2, 0.25) is 0 Å². The predicted molar refractivity (Wildman–Crippen MR) is 83.4 cm³/mol. The molecule has 6 heteroatoms. The number of ether oxygens (including phenoxy) is 1. The average molecular weight is 296 g/mol. The summed E-state index contributed by atoms with van der Waals surface area (Å²) < 4.78 is 6.76. The van der Waals surface area contributed by atoms with Crippen LogP contribution in [0.2, 0.25) is 0 Å². The zero-order chi connectivity index (χ0) is 15.7. The van der Waals surface area contributed by atoms with Crippen LogP contribution in [-0.4, -0.2) is 27.6 Å². The number of pyridine rings is 1. The molecule has 0 saturated heterocycles. The molecule has 2 heterocycles. The van der Waals surface area contributed by atoms with Crippen molar-refractivity contribution < 1.29 is 9.53 Å². The Morgan fingerprint density at radius 3 is 2.64 bits per heavy atom. The molecule has 22 heavy (non-hydrogen) atoms. The van der Waals surface area contributed by atoms with E-state index in [-0.39, 0.29) is 5.91 Å². The van der Waals surface area contributed by atoms with Crippen molar-refractivity contribution in [2.75, 3.05) is 12.4 Å². The first-order chi connectivity index (χ1) is 10.6. The number of aryl methyl sites for hydroxylation is 2. The quantitative estimate of drug-likeness (QED) is 0.806. The van der Waals surface area contributed by atoms with Gasteiger partial charge in [-0.2, -0.15) is 5.10 Å². The van der Waals surface area contributed by atoms with Crippen LogP contribution in [0.25, 0.3) is 5.65 Å². The number of nitrogens with one attached hydrogen (secondary N) is 1. The van der Waals surface area contributed by atoms with Crippen molar-refractivity contribution in [3.63, 3.8) is 0 Å². The first-order valence-corrected chi connectivity index (χ1v) is 6.86. The van der Waals surface area contributed by atoms with Crippen molar-refractivity contribution in [2.45, 2.75) is 13.8 Å². The van der Waals surface area contributed by atoms with Gasteiger partial charge in [-0.25, -0.2) is 9.50 Å². The van der Waals surface area contributed by atoms with Crippen molar-refractivity contribution in [3.8, 4) is 5.75 Å². The zero-order valence-corrected chi connectivity index (χ0v) is 12.6. The monoisotopic (exact) mass is 296 g/mol. The number of rotatable bonds is 3. The van der Waals surface area contributed by atoms with E-state index in [9.17, 15) is 4.79 Å². The summed E-state index contributed by atoms with van der Waals surface area (Å²) in [4.78, 5) is 16.6. The Bertz CT molecular complexity index is 837. The molecule has 0 atom stereocenters. The summed E-state index contributed by atoms with van der Waals surface area (Å²) in [5, 5.41) is 7.14. The summed E-state index contributed by atoms with van der Waals surface area (Å²) in [6.45, 7) is 3.77. The topological polar surface area (TPSA) is 68.5 Å². The minimum Gasteiger partial charge on any atom is -0.497 e. The Kier molecular flexibility index (Phi) is 3.50. The summed E-state index contributed by atoms with van der Waals surface area (Å²) >= 11 is 0. The van der Waals surface area contributed by atoms with Crippen molar-refractivity contribution >= 4 is 17.2 Å². The number of hydrogen-bond acceptors (Lipinski definition) is 4. The first kappa shape index (κ1) is 14.1. The minimum absolute atomic E-state index is 0.182. The lowest BCUT2D eigenvalue weighted by molar-refractivity contribution is 0.102. The van der Waals surface area contributed by atoms with Crippen LogP contribution in [-0.2, 0) is 0 Å². The highest BCUT2D eigenvalue weighted by Crippen LogP contribution is 2.17. The van der Waals surface area contributed by atoms with Crippen molar-refractivity contribution in [3.05, 3.63) is 53.5 Å². The molecule has 2 aromatic heterocycles. The standard InChI is InChI=1S/C16H16N4O2/c1-10-8-13(9-20-15(10)17-11(2)19-20)18-16(21)12-4-6-14(22-3)7-5-12/h4-9H,1-3H3,(H,18,21). The van der Waals surface area contributed by atoms with E-state index in [0.717, 1.165) is 11.2 Å². The highest BCUT2D eigenvalue weighted by molar-refractivity contribution is 6.04. The number of hydrogen-bond donors (Lipinski definition) is 1. The highest BCUT2D eigenvalue weighted by Gasteiger charge is 2.09. The van der Waals surface area contributed by atoms with E-state index in [2.05, 4.69) is 15.4 Å². The molecule has 0 saturated carbocycles. The molecular weight excluding hydrogens is 280 g/mol. The fourth-order valence-electron chi connectivity index (χ4n) is 2.27. The van der Waals surface area contributed by atoms with Gasteiger partial charge < -0.3 is 10.1 Å². The second-order valence-electron chi connectivity index (χ2n) is 5.02. The fraction of sp³-hybridized carbons (Fsp3) is 0.188. The van der Waals surface area contributed by atoms with Gasteiger partial charge in [-0.3, -0.25) is 4.79 Å². The average Bonchev–Trinajstić information content (AvgIpc) is 2.88. The lowest BCUT2D eigenvalue weighted by Gasteiger charge is -2.07. The molecule has 3 aromatic rings. The molecule has 3 rings (SSSR count). The van der Waals surface area contributed by atoms with Crippen LogP contribution < -0.4 is 10.1 Å². The molecule has 0 aliphatic rings. The number of benzene rings is 1. The summed E-state index contributed by atoms with van der Waals surface area (Å²) in [6, 6.07) is 8.83. The van der Waals surface area contributed by atoms with Gasteiger partial charge in [-0.1, -0.05) is 0 Å². The van der Waals surface area contributed by atoms with E-state index in [1.54, 1.807) is 42.1 Å². The van der Waals surface area contributed by atoms with Crippen LogP contribution in [0.3, 0.4) is 0 Å². The van der Waals surface area contributed by atoms with E-state index in [4.69, 9.17) is 4.74 Å². The summed E-state index contributed by atoms with van der Waals surface area (Å²) in [5.41, 5.74) is 2.98. The Labute approximate surface area is 127 Å². The number of carbonyl (C=O) groups excluding carboxylic acids is 1. The van der Waals surface area contributed by atoms with Crippen LogP contribution in [0, 0.1) is 13.8 Å². The summed E-state index contributed by atoms with van der Waals surface area (Å²) in [6.07, 6.45) is 1.75. The molecule has 0 spiro atoms. The van der Waals surface area contributed by atoms with Gasteiger partial charge in [0.25, 0.3) is 5.91 Å². The lowest BCUT2D eigenvalue weighted by atomic mass is 10.2. The van der Waals surface area contributed by atoms with Gasteiger partial charge in [0.05, 0.1) is 19.0 Å². The number of fused-ring (bicyclic) bond motifs is 1. The van der Waals surface area contributed by atoms with E-state index in [1.807, 2.05) is 19.9 Å². The molecule has 0 bridgehead atoms. The lowest BCUT2D eigenvalue weighted by Crippen LogP contribution is -2.12. The Morgan fingerprint density at radius 2 is 1.95 bits per heavy atom. The maximum atomic E-state index is 12.3. The van der Waals surface area contributed by atoms with Crippen LogP contribution in [0.4, 0.5) is 5.69 Å². The number of methoxy groups -OCH3 is 1. The molecule has 1 aromatic carbocycles. The van der Waals surface area contributed by atoms with Gasteiger partial charge in [-0.15, -0.1) is 0 Å². The molecule has 6 nitrogen and oxygen atoms in total. The van der Waals surface area contributed by atoms with Crippen molar-refractivity contribution in [1.82, 2.24) is 14.6 Å². The second kappa shape index (κ2) is 5.48. The highest BCUT2D eigenvalue weighted by atomic mass is 16.5. The molecule has 1 amide bonds. The van der Waals surface area contributed by atoms with Crippen LogP contribution in [0.5, 0.6) is 5.75 Å². The van der Waals surface area contributed by atoms with Crippen LogP contribution in [0.15, 0.2) is 36.5 Å². The van der Waals surface area contributed by atoms with Gasteiger partial charge in [0, 0.05) is 5.56 Å². The summed E-state index contributed by atoms with van der Waals surface area (Å²) in [5.74, 6) is 1.23.